The number of rotatable bonds is 0. The average Bonchev–Trinajstić information content (AvgIpc) is 2.72. The molecule has 0 fully saturated rings. The van der Waals surface area contributed by atoms with Crippen LogP contribution in [-0.2, 0) is 6.42 Å². The Bertz CT molecular complexity index is 460. The second kappa shape index (κ2) is 2.82. The van der Waals surface area contributed by atoms with E-state index >= 15 is 0 Å². The molecule has 0 aliphatic heterocycles. The van der Waals surface area contributed by atoms with Crippen molar-refractivity contribution in [2.45, 2.75) is 6.42 Å². The Morgan fingerprint density at radius 1 is 1.00 bits per heavy atom. The summed E-state index contributed by atoms with van der Waals surface area (Å²) in [4.78, 5) is 2.91. The molecule has 0 amide bonds. The Labute approximate surface area is 85.2 Å². The van der Waals surface area contributed by atoms with Crippen LogP contribution in [0, 0.1) is 0 Å². The molecule has 1 aliphatic rings. The van der Waals surface area contributed by atoms with Crippen molar-refractivity contribution in [3.8, 4) is 9.75 Å². The van der Waals surface area contributed by atoms with Gasteiger partial charge in [-0.2, -0.15) is 0 Å². The number of hydrogen-bond donors (Lipinski definition) is 0. The first-order valence-corrected chi connectivity index (χ1v) is 6.02. The van der Waals surface area contributed by atoms with Crippen molar-refractivity contribution >= 4 is 28.7 Å². The summed E-state index contributed by atoms with van der Waals surface area (Å²) < 4.78 is 0. The van der Waals surface area contributed by atoms with Crippen molar-refractivity contribution in [2.75, 3.05) is 0 Å². The van der Waals surface area contributed by atoms with E-state index < -0.39 is 0 Å². The van der Waals surface area contributed by atoms with Crippen molar-refractivity contribution in [1.82, 2.24) is 0 Å². The molecule has 3 rings (SSSR count). The van der Waals surface area contributed by atoms with E-state index in [9.17, 15) is 0 Å². The second-order valence-electron chi connectivity index (χ2n) is 3.09. The number of hydrogen-bond acceptors (Lipinski definition) is 2. The van der Waals surface area contributed by atoms with Crippen LogP contribution in [-0.4, -0.2) is 0 Å². The van der Waals surface area contributed by atoms with Crippen LogP contribution in [0.15, 0.2) is 29.0 Å². The van der Waals surface area contributed by atoms with Crippen molar-refractivity contribution in [2.24, 2.45) is 0 Å². The fraction of sp³-hybridized carbons (Fsp3) is 0.0909. The van der Waals surface area contributed by atoms with Gasteiger partial charge in [-0.3, -0.25) is 0 Å². The third kappa shape index (κ3) is 1.10. The molecular weight excluding hydrogens is 196 g/mol. The van der Waals surface area contributed by atoms with E-state index in [4.69, 9.17) is 0 Å². The summed E-state index contributed by atoms with van der Waals surface area (Å²) >= 11 is 3.70. The molecule has 0 N–H and O–H groups in total. The SMILES string of the molecule is C1=Cc2ccsc2-c2sccc2C1. The largest absolute Gasteiger partial charge is 0.143 e. The van der Waals surface area contributed by atoms with E-state index in [1.54, 1.807) is 0 Å². The molecule has 0 saturated heterocycles. The van der Waals surface area contributed by atoms with Gasteiger partial charge in [0.25, 0.3) is 0 Å². The molecule has 2 heterocycles. The third-order valence-corrected chi connectivity index (χ3v) is 4.33. The molecular formula is C11H8S2. The van der Waals surface area contributed by atoms with Gasteiger partial charge < -0.3 is 0 Å². The van der Waals surface area contributed by atoms with E-state index in [0.717, 1.165) is 6.42 Å². The maximum atomic E-state index is 2.25. The molecule has 0 aromatic carbocycles. The van der Waals surface area contributed by atoms with Crippen LogP contribution < -0.4 is 0 Å². The lowest BCUT2D eigenvalue weighted by Gasteiger charge is -1.96. The average molecular weight is 204 g/mol. The molecule has 0 bridgehead atoms. The van der Waals surface area contributed by atoms with E-state index in [-0.39, 0.29) is 0 Å². The Kier molecular flexibility index (Phi) is 1.64. The monoisotopic (exact) mass is 204 g/mol. The molecule has 0 saturated carbocycles. The van der Waals surface area contributed by atoms with Crippen molar-refractivity contribution in [3.63, 3.8) is 0 Å². The molecule has 0 nitrogen and oxygen atoms in total. The minimum atomic E-state index is 1.08. The van der Waals surface area contributed by atoms with Crippen LogP contribution in [0.3, 0.4) is 0 Å². The van der Waals surface area contributed by atoms with E-state index in [1.165, 1.54) is 20.9 Å². The van der Waals surface area contributed by atoms with Gasteiger partial charge in [0, 0.05) is 4.88 Å². The predicted molar refractivity (Wildman–Crippen MR) is 60.4 cm³/mol. The number of fused-ring (bicyclic) bond motifs is 3. The Morgan fingerprint density at radius 2 is 1.85 bits per heavy atom. The maximum absolute atomic E-state index is 2.25. The highest BCUT2D eigenvalue weighted by Crippen LogP contribution is 2.38. The van der Waals surface area contributed by atoms with Gasteiger partial charge in [-0.1, -0.05) is 12.2 Å². The van der Waals surface area contributed by atoms with Crippen molar-refractivity contribution < 1.29 is 0 Å². The van der Waals surface area contributed by atoms with Gasteiger partial charge in [0.2, 0.25) is 0 Å². The van der Waals surface area contributed by atoms with E-state index in [1.807, 2.05) is 22.7 Å². The van der Waals surface area contributed by atoms with Gasteiger partial charge >= 0.3 is 0 Å². The zero-order valence-electron chi connectivity index (χ0n) is 6.99. The summed E-state index contributed by atoms with van der Waals surface area (Å²) in [7, 11) is 0. The molecule has 2 aromatic rings. The smallest absolute Gasteiger partial charge is 0.0517 e. The molecule has 13 heavy (non-hydrogen) atoms. The maximum Gasteiger partial charge on any atom is 0.0517 e. The van der Waals surface area contributed by atoms with Crippen LogP contribution in [0.1, 0.15) is 11.1 Å². The second-order valence-corrected chi connectivity index (χ2v) is 4.92. The fourth-order valence-electron chi connectivity index (χ4n) is 1.64. The van der Waals surface area contributed by atoms with Crippen LogP contribution in [0.2, 0.25) is 0 Å². The predicted octanol–water partition coefficient (Wildman–Crippen LogP) is 4.05. The van der Waals surface area contributed by atoms with Gasteiger partial charge in [0.05, 0.1) is 4.88 Å². The Hall–Kier alpha value is -0.860. The lowest BCUT2D eigenvalue weighted by atomic mass is 10.2. The Balaban J connectivity index is 2.34. The summed E-state index contributed by atoms with van der Waals surface area (Å²) in [6.07, 6.45) is 5.57. The van der Waals surface area contributed by atoms with Gasteiger partial charge in [-0.25, -0.2) is 0 Å². The summed E-state index contributed by atoms with van der Waals surface area (Å²) in [5.74, 6) is 0. The molecule has 1 aliphatic carbocycles. The number of allylic oxidation sites excluding steroid dienone is 1. The quantitative estimate of drug-likeness (QED) is 0.607. The normalized spacial score (nSPS) is 13.5. The van der Waals surface area contributed by atoms with E-state index in [2.05, 4.69) is 35.0 Å². The highest BCUT2D eigenvalue weighted by atomic mass is 32.1. The first-order valence-electron chi connectivity index (χ1n) is 4.26. The lowest BCUT2D eigenvalue weighted by molar-refractivity contribution is 1.32. The van der Waals surface area contributed by atoms with Crippen LogP contribution in [0.5, 0.6) is 0 Å². The molecule has 2 aromatic heterocycles. The molecule has 64 valence electrons. The lowest BCUT2D eigenvalue weighted by Crippen LogP contribution is -1.75. The third-order valence-electron chi connectivity index (χ3n) is 2.28. The number of thiophene rings is 2. The van der Waals surface area contributed by atoms with Gasteiger partial charge in [-0.15, -0.1) is 22.7 Å². The van der Waals surface area contributed by atoms with Crippen LogP contribution in [0.25, 0.3) is 15.8 Å². The summed E-state index contributed by atoms with van der Waals surface area (Å²) in [5.41, 5.74) is 2.86. The standard InChI is InChI=1S/C11H8S2/c1-2-8-4-6-12-10(8)11-9(3-1)5-7-13-11/h1-2,4-7H,3H2. The summed E-state index contributed by atoms with van der Waals surface area (Å²) in [6, 6.07) is 4.44. The minimum absolute atomic E-state index is 1.08. The first kappa shape index (κ1) is 7.54. The molecule has 0 spiro atoms. The van der Waals surface area contributed by atoms with Gasteiger partial charge in [-0.05, 0) is 40.4 Å². The highest BCUT2D eigenvalue weighted by molar-refractivity contribution is 7.20. The van der Waals surface area contributed by atoms with Gasteiger partial charge in [0.1, 0.15) is 0 Å². The zero-order valence-corrected chi connectivity index (χ0v) is 8.62. The topological polar surface area (TPSA) is 0 Å². The fourth-order valence-corrected chi connectivity index (χ4v) is 3.69. The van der Waals surface area contributed by atoms with Gasteiger partial charge in [0.15, 0.2) is 0 Å². The molecule has 2 heteroatoms. The highest BCUT2D eigenvalue weighted by Gasteiger charge is 2.12. The summed E-state index contributed by atoms with van der Waals surface area (Å²) in [6.45, 7) is 0. The first-order chi connectivity index (χ1) is 6.45. The van der Waals surface area contributed by atoms with Crippen molar-refractivity contribution in [3.05, 3.63) is 40.1 Å². The van der Waals surface area contributed by atoms with Crippen molar-refractivity contribution in [1.29, 1.82) is 0 Å². The molecule has 0 radical (unpaired) electrons. The zero-order chi connectivity index (χ0) is 8.67. The molecule has 0 atom stereocenters. The van der Waals surface area contributed by atoms with E-state index in [0.29, 0.717) is 0 Å². The molecule has 0 unspecified atom stereocenters. The summed E-state index contributed by atoms with van der Waals surface area (Å²) in [5, 5.41) is 4.36. The Morgan fingerprint density at radius 3 is 2.85 bits per heavy atom. The van der Waals surface area contributed by atoms with Crippen LogP contribution in [0.4, 0.5) is 0 Å². The van der Waals surface area contributed by atoms with Crippen LogP contribution >= 0.6 is 22.7 Å². The minimum Gasteiger partial charge on any atom is -0.143 e.